The van der Waals surface area contributed by atoms with Crippen LogP contribution in [0.15, 0.2) is 26.8 Å². The van der Waals surface area contributed by atoms with Crippen LogP contribution in [0.1, 0.15) is 12.7 Å². The Balaban J connectivity index is 2.78. The quantitative estimate of drug-likeness (QED) is 0.824. The van der Waals surface area contributed by atoms with E-state index in [-0.39, 0.29) is 0 Å². The van der Waals surface area contributed by atoms with Gasteiger partial charge in [-0.15, -0.1) is 0 Å². The second-order valence-electron chi connectivity index (χ2n) is 2.34. The van der Waals surface area contributed by atoms with Crippen molar-refractivity contribution in [2.24, 2.45) is 5.73 Å². The second-order valence-corrected chi connectivity index (χ2v) is 3.12. The lowest BCUT2D eigenvalue weighted by atomic mass is 10.2. The molecule has 0 bridgehead atoms. The van der Waals surface area contributed by atoms with E-state index in [4.69, 9.17) is 10.2 Å². The summed E-state index contributed by atoms with van der Waals surface area (Å²) in [6.45, 7) is 2.54. The summed E-state index contributed by atoms with van der Waals surface area (Å²) < 4.78 is 5.98. The summed E-state index contributed by atoms with van der Waals surface area (Å²) in [5.74, 6) is 0.833. The van der Waals surface area contributed by atoms with Gasteiger partial charge in [-0.2, -0.15) is 0 Å². The van der Waals surface area contributed by atoms with Crippen LogP contribution in [0.25, 0.3) is 6.08 Å². The summed E-state index contributed by atoms with van der Waals surface area (Å²) in [6, 6.07) is 3.75. The lowest BCUT2D eigenvalue weighted by Crippen LogP contribution is -1.98. The van der Waals surface area contributed by atoms with Gasteiger partial charge in [0.15, 0.2) is 4.67 Å². The fraction of sp³-hybridized carbons (Fsp3) is 0.250. The molecule has 0 aliphatic heterocycles. The Morgan fingerprint density at radius 1 is 1.73 bits per heavy atom. The van der Waals surface area contributed by atoms with Gasteiger partial charge in [0.25, 0.3) is 0 Å². The molecule has 0 amide bonds. The maximum absolute atomic E-state index is 5.41. The maximum Gasteiger partial charge on any atom is 0.169 e. The molecule has 1 aromatic heterocycles. The molecule has 0 radical (unpaired) electrons. The van der Waals surface area contributed by atoms with Gasteiger partial charge in [-0.3, -0.25) is 0 Å². The highest BCUT2D eigenvalue weighted by Crippen LogP contribution is 2.16. The smallest absolute Gasteiger partial charge is 0.169 e. The number of rotatable bonds is 2. The Kier molecular flexibility index (Phi) is 2.91. The standard InChI is InChI=1S/C8H10BrNO/c1-6(5-10)4-7-2-3-8(9)11-7/h2-4H,5,10H2,1H3. The molecule has 0 saturated heterocycles. The molecular formula is C8H10BrNO. The largest absolute Gasteiger partial charge is 0.450 e. The minimum Gasteiger partial charge on any atom is -0.450 e. The zero-order valence-electron chi connectivity index (χ0n) is 6.30. The number of nitrogens with two attached hydrogens (primary N) is 1. The van der Waals surface area contributed by atoms with E-state index in [2.05, 4.69) is 15.9 Å². The van der Waals surface area contributed by atoms with E-state index in [0.29, 0.717) is 6.54 Å². The van der Waals surface area contributed by atoms with E-state index in [9.17, 15) is 0 Å². The molecule has 1 rings (SSSR count). The lowest BCUT2D eigenvalue weighted by Gasteiger charge is -1.91. The third-order valence-corrected chi connectivity index (χ3v) is 1.73. The fourth-order valence-corrected chi connectivity index (χ4v) is 1.03. The first-order valence-corrected chi connectivity index (χ1v) is 4.14. The fourth-order valence-electron chi connectivity index (χ4n) is 0.708. The molecule has 0 fully saturated rings. The van der Waals surface area contributed by atoms with Crippen molar-refractivity contribution in [2.45, 2.75) is 6.92 Å². The van der Waals surface area contributed by atoms with Crippen LogP contribution in [-0.2, 0) is 0 Å². The van der Waals surface area contributed by atoms with Gasteiger partial charge in [-0.1, -0.05) is 5.57 Å². The summed E-state index contributed by atoms with van der Waals surface area (Å²) >= 11 is 3.22. The first kappa shape index (κ1) is 8.56. The Morgan fingerprint density at radius 3 is 2.91 bits per heavy atom. The highest BCUT2D eigenvalue weighted by atomic mass is 79.9. The van der Waals surface area contributed by atoms with Crippen LogP contribution in [0.3, 0.4) is 0 Å². The van der Waals surface area contributed by atoms with Crippen LogP contribution in [-0.4, -0.2) is 6.54 Å². The van der Waals surface area contributed by atoms with Gasteiger partial charge in [0.2, 0.25) is 0 Å². The van der Waals surface area contributed by atoms with E-state index in [1.54, 1.807) is 0 Å². The minimum absolute atomic E-state index is 0.568. The van der Waals surface area contributed by atoms with Gasteiger partial charge >= 0.3 is 0 Å². The first-order valence-electron chi connectivity index (χ1n) is 3.35. The molecule has 0 aliphatic carbocycles. The summed E-state index contributed by atoms with van der Waals surface area (Å²) in [5, 5.41) is 0. The van der Waals surface area contributed by atoms with Gasteiger partial charge in [0.05, 0.1) is 0 Å². The van der Waals surface area contributed by atoms with Crippen molar-refractivity contribution in [2.75, 3.05) is 6.54 Å². The molecule has 11 heavy (non-hydrogen) atoms. The number of hydrogen-bond acceptors (Lipinski definition) is 2. The zero-order chi connectivity index (χ0) is 8.27. The van der Waals surface area contributed by atoms with E-state index >= 15 is 0 Å². The first-order chi connectivity index (χ1) is 5.22. The van der Waals surface area contributed by atoms with Gasteiger partial charge < -0.3 is 10.2 Å². The van der Waals surface area contributed by atoms with E-state index in [1.165, 1.54) is 0 Å². The molecule has 0 aliphatic rings. The van der Waals surface area contributed by atoms with Crippen LogP contribution < -0.4 is 5.73 Å². The van der Waals surface area contributed by atoms with Crippen LogP contribution in [0.4, 0.5) is 0 Å². The van der Waals surface area contributed by atoms with Crippen LogP contribution in [0.5, 0.6) is 0 Å². The minimum atomic E-state index is 0.568. The SMILES string of the molecule is CC(=Cc1ccc(Br)o1)CN. The van der Waals surface area contributed by atoms with E-state index < -0.39 is 0 Å². The summed E-state index contributed by atoms with van der Waals surface area (Å²) in [4.78, 5) is 0. The lowest BCUT2D eigenvalue weighted by molar-refractivity contribution is 0.531. The van der Waals surface area contributed by atoms with Crippen molar-refractivity contribution in [3.8, 4) is 0 Å². The van der Waals surface area contributed by atoms with Gasteiger partial charge in [-0.25, -0.2) is 0 Å². The molecule has 0 unspecified atom stereocenters. The molecule has 2 N–H and O–H groups in total. The van der Waals surface area contributed by atoms with Crippen molar-refractivity contribution < 1.29 is 4.42 Å². The Labute approximate surface area is 74.2 Å². The van der Waals surface area contributed by atoms with Gasteiger partial charge in [0, 0.05) is 6.54 Å². The highest BCUT2D eigenvalue weighted by molar-refractivity contribution is 9.10. The van der Waals surface area contributed by atoms with Crippen LogP contribution in [0, 0.1) is 0 Å². The third-order valence-electron chi connectivity index (χ3n) is 1.30. The molecule has 1 heterocycles. The molecule has 1 aromatic rings. The topological polar surface area (TPSA) is 39.2 Å². The molecule has 60 valence electrons. The molecule has 0 saturated carbocycles. The third kappa shape index (κ3) is 2.52. The van der Waals surface area contributed by atoms with Crippen molar-refractivity contribution >= 4 is 22.0 Å². The average molecular weight is 216 g/mol. The molecule has 0 spiro atoms. The van der Waals surface area contributed by atoms with Crippen molar-refractivity contribution in [3.63, 3.8) is 0 Å². The summed E-state index contributed by atoms with van der Waals surface area (Å²) in [6.07, 6.45) is 1.92. The predicted octanol–water partition coefficient (Wildman–Crippen LogP) is 2.40. The zero-order valence-corrected chi connectivity index (χ0v) is 7.89. The van der Waals surface area contributed by atoms with Crippen LogP contribution in [0.2, 0.25) is 0 Å². The second kappa shape index (κ2) is 3.74. The molecule has 0 aromatic carbocycles. The predicted molar refractivity (Wildman–Crippen MR) is 49.1 cm³/mol. The van der Waals surface area contributed by atoms with Crippen molar-refractivity contribution in [3.05, 3.63) is 28.1 Å². The Hall–Kier alpha value is -0.540. The Morgan fingerprint density at radius 2 is 2.45 bits per heavy atom. The summed E-state index contributed by atoms with van der Waals surface area (Å²) in [7, 11) is 0. The maximum atomic E-state index is 5.41. The van der Waals surface area contributed by atoms with E-state index in [0.717, 1.165) is 16.0 Å². The normalized spacial score (nSPS) is 12.1. The number of furan rings is 1. The number of hydrogen-bond donors (Lipinski definition) is 1. The van der Waals surface area contributed by atoms with Crippen LogP contribution >= 0.6 is 15.9 Å². The highest BCUT2D eigenvalue weighted by Gasteiger charge is 1.94. The molecular weight excluding hydrogens is 206 g/mol. The summed E-state index contributed by atoms with van der Waals surface area (Å²) in [5.41, 5.74) is 6.51. The molecule has 3 heteroatoms. The van der Waals surface area contributed by atoms with Crippen molar-refractivity contribution in [1.82, 2.24) is 0 Å². The van der Waals surface area contributed by atoms with E-state index in [1.807, 2.05) is 25.1 Å². The van der Waals surface area contributed by atoms with Crippen molar-refractivity contribution in [1.29, 1.82) is 0 Å². The monoisotopic (exact) mass is 215 g/mol. The number of halogens is 1. The van der Waals surface area contributed by atoms with Gasteiger partial charge in [-0.05, 0) is 41.1 Å². The molecule has 0 atom stereocenters. The Bertz CT molecular complexity index is 265. The van der Waals surface area contributed by atoms with Gasteiger partial charge in [0.1, 0.15) is 5.76 Å². The average Bonchev–Trinajstić information content (AvgIpc) is 2.35. The molecule has 2 nitrogen and oxygen atoms in total.